The molecule has 0 heterocycles. The fraction of sp³-hybridized carbons (Fsp3) is 0. The molecule has 0 spiro atoms. The third-order valence-electron chi connectivity index (χ3n) is 3.02. The van der Waals surface area contributed by atoms with E-state index in [-0.39, 0.29) is 216 Å². The summed E-state index contributed by atoms with van der Waals surface area (Å²) >= 11 is 0. The molecule has 0 aliphatic heterocycles. The molecule has 0 saturated heterocycles. The summed E-state index contributed by atoms with van der Waals surface area (Å²) in [4.78, 5) is 44.6. The van der Waals surface area contributed by atoms with Gasteiger partial charge in [0.1, 0.15) is 0 Å². The normalized spacial score (nSPS) is 8.77. The van der Waals surface area contributed by atoms with Crippen LogP contribution in [0, 0.1) is 0 Å². The molecule has 4 N–H and O–H groups in total. The molecule has 0 aromatic heterocycles. The van der Waals surface area contributed by atoms with Gasteiger partial charge in [-0.2, -0.15) is 0 Å². The van der Waals surface area contributed by atoms with Crippen LogP contribution in [0.1, 0.15) is 41.4 Å². The first-order chi connectivity index (χ1) is 10.2. The third-order valence-corrected chi connectivity index (χ3v) is 3.02. The number of hydrogen-bond acceptors (Lipinski definition) is 4. The van der Waals surface area contributed by atoms with Crippen LogP contribution in [-0.2, 0) is 0 Å². The molecule has 2 rings (SSSR count). The number of hydrogen-bond donors (Lipinski definition) is 4. The van der Waals surface area contributed by atoms with E-state index < -0.39 is 46.1 Å². The molecule has 0 aliphatic rings. The number of carboxylic acids is 4. The molecule has 8 nitrogen and oxygen atoms in total. The van der Waals surface area contributed by atoms with Gasteiger partial charge in [-0.15, -0.1) is 0 Å². The van der Waals surface area contributed by atoms with Gasteiger partial charge in [-0.25, -0.2) is 19.2 Å². The topological polar surface area (TPSA) is 149 Å². The van der Waals surface area contributed by atoms with Crippen LogP contribution in [0.5, 0.6) is 0 Å². The fourth-order valence-corrected chi connectivity index (χ4v) is 2.06. The summed E-state index contributed by atoms with van der Waals surface area (Å²) in [5, 5.41) is 36.0. The number of rotatable bonds is 4. The van der Waals surface area contributed by atoms with Gasteiger partial charge in [0.05, 0.1) is 22.3 Å². The van der Waals surface area contributed by atoms with Gasteiger partial charge in [-0.1, -0.05) is 0 Å². The fourth-order valence-electron chi connectivity index (χ4n) is 2.06. The first-order valence-electron chi connectivity index (χ1n) is 5.77. The molecule has 0 amide bonds. The average Bonchev–Trinajstić information content (AvgIpc) is 2.44. The first kappa shape index (κ1) is 33.8. The zero-order valence-electron chi connectivity index (χ0n) is 10.7. The molecule has 0 saturated carbocycles. The second-order valence-corrected chi connectivity index (χ2v) is 4.36. The summed E-state index contributed by atoms with van der Waals surface area (Å²) in [7, 11) is 0. The van der Waals surface area contributed by atoms with E-state index in [0.29, 0.717) is 0 Å². The third kappa shape index (κ3) is 8.34. The van der Waals surface area contributed by atoms with E-state index in [1.807, 2.05) is 0 Å². The Morgan fingerprint density at radius 3 is 0.962 bits per heavy atom. The minimum atomic E-state index is -1.49. The van der Waals surface area contributed by atoms with Crippen molar-refractivity contribution in [3.63, 3.8) is 0 Å². The number of fused-ring (bicyclic) bond motifs is 1. The van der Waals surface area contributed by atoms with Gasteiger partial charge in [0.2, 0.25) is 0 Å². The SMILES string of the molecule is O=C(O)c1cc(C(=O)O)c2cc(C(=O)O)cc(C(=O)O)c2c1.[KH].[KH].[KH].[KH]. The second-order valence-electron chi connectivity index (χ2n) is 4.36. The predicted octanol–water partition coefficient (Wildman–Crippen LogP) is -0.961. The van der Waals surface area contributed by atoms with Crippen molar-refractivity contribution in [3.05, 3.63) is 46.5 Å². The Morgan fingerprint density at radius 2 is 0.769 bits per heavy atom. The average molecular weight is 465 g/mol. The van der Waals surface area contributed by atoms with Crippen LogP contribution in [0.3, 0.4) is 0 Å². The minimum absolute atomic E-state index is 0. The summed E-state index contributed by atoms with van der Waals surface area (Å²) in [5.74, 6) is -5.84. The van der Waals surface area contributed by atoms with E-state index in [4.69, 9.17) is 20.4 Å². The van der Waals surface area contributed by atoms with Crippen molar-refractivity contribution in [1.29, 1.82) is 0 Å². The van der Waals surface area contributed by atoms with Crippen molar-refractivity contribution in [1.82, 2.24) is 0 Å². The molecule has 0 unspecified atom stereocenters. The van der Waals surface area contributed by atoms with Crippen LogP contribution in [0.2, 0.25) is 0 Å². The number of carboxylic acid groups (broad SMARTS) is 4. The van der Waals surface area contributed by atoms with Crippen molar-refractivity contribution in [2.45, 2.75) is 0 Å². The molecule has 0 atom stereocenters. The molecule has 0 aliphatic carbocycles. The van der Waals surface area contributed by atoms with Gasteiger partial charge < -0.3 is 20.4 Å². The van der Waals surface area contributed by atoms with E-state index >= 15 is 0 Å². The van der Waals surface area contributed by atoms with E-state index in [1.54, 1.807) is 0 Å². The van der Waals surface area contributed by atoms with Crippen LogP contribution < -0.4 is 0 Å². The first-order valence-corrected chi connectivity index (χ1v) is 5.77. The number of carbonyl (C=O) groups is 4. The Hall–Kier alpha value is 3.13. The standard InChI is InChI=1S/C14H8O8.4K.4H/c15-11(16)5-1-7-8(10(3-5)14(21)22)2-6(12(17)18)4-9(7)13(19)20;;;;;;;;/h1-4H,(H,15,16)(H,17,18)(H,19,20)(H,21,22);;;;;;;;. The summed E-state index contributed by atoms with van der Waals surface area (Å²) in [6.07, 6.45) is 0. The van der Waals surface area contributed by atoms with E-state index in [1.165, 1.54) is 0 Å². The van der Waals surface area contributed by atoms with Crippen LogP contribution in [0.15, 0.2) is 24.3 Å². The molecular formula is C14H12K4O8. The summed E-state index contributed by atoms with van der Waals surface area (Å²) in [6.45, 7) is 0. The maximum absolute atomic E-state index is 11.3. The van der Waals surface area contributed by atoms with Crippen molar-refractivity contribution in [3.8, 4) is 0 Å². The van der Waals surface area contributed by atoms with Crippen molar-refractivity contribution in [2.24, 2.45) is 0 Å². The predicted molar refractivity (Wildman–Crippen MR) is 100 cm³/mol. The zero-order valence-corrected chi connectivity index (χ0v) is 10.7. The summed E-state index contributed by atoms with van der Waals surface area (Å²) < 4.78 is 0. The molecule has 26 heavy (non-hydrogen) atoms. The van der Waals surface area contributed by atoms with E-state index in [2.05, 4.69) is 0 Å². The molecule has 0 fully saturated rings. The van der Waals surface area contributed by atoms with Gasteiger partial charge in [-0.05, 0) is 35.0 Å². The Bertz CT molecular complexity index is 794. The molecular weight excluding hydrogens is 453 g/mol. The van der Waals surface area contributed by atoms with Crippen LogP contribution >= 0.6 is 0 Å². The number of benzene rings is 2. The van der Waals surface area contributed by atoms with Gasteiger partial charge >= 0.3 is 229 Å². The summed E-state index contributed by atoms with van der Waals surface area (Å²) in [6, 6.07) is 3.70. The van der Waals surface area contributed by atoms with Crippen molar-refractivity contribution >= 4 is 240 Å². The quantitative estimate of drug-likeness (QED) is 0.423. The maximum atomic E-state index is 11.3. The molecule has 0 bridgehead atoms. The Morgan fingerprint density at radius 1 is 0.500 bits per heavy atom. The monoisotopic (exact) mass is 464 g/mol. The van der Waals surface area contributed by atoms with Crippen LogP contribution in [-0.4, -0.2) is 250 Å². The molecule has 2 aromatic carbocycles. The second kappa shape index (κ2) is 15.0. The molecule has 2 aromatic rings. The Balaban J connectivity index is -0.00000132. The molecule has 12 heteroatoms. The van der Waals surface area contributed by atoms with Gasteiger partial charge in [0.15, 0.2) is 0 Å². The van der Waals surface area contributed by atoms with Gasteiger partial charge in [0, 0.05) is 0 Å². The number of aromatic carboxylic acids is 4. The van der Waals surface area contributed by atoms with Crippen LogP contribution in [0.25, 0.3) is 10.8 Å². The van der Waals surface area contributed by atoms with Crippen LogP contribution in [0.4, 0.5) is 0 Å². The van der Waals surface area contributed by atoms with Crippen molar-refractivity contribution in [2.75, 3.05) is 0 Å². The van der Waals surface area contributed by atoms with E-state index in [9.17, 15) is 19.2 Å². The van der Waals surface area contributed by atoms with Gasteiger partial charge in [0.25, 0.3) is 0 Å². The summed E-state index contributed by atoms with van der Waals surface area (Å²) in [5.41, 5.74) is -1.79. The Labute approximate surface area is 317 Å². The Kier molecular flexibility index (Phi) is 19.5. The molecule has 0 radical (unpaired) electrons. The van der Waals surface area contributed by atoms with Gasteiger partial charge in [-0.3, -0.25) is 0 Å². The zero-order chi connectivity index (χ0) is 16.6. The van der Waals surface area contributed by atoms with E-state index in [0.717, 1.165) is 24.3 Å². The molecule has 120 valence electrons. The van der Waals surface area contributed by atoms with Crippen molar-refractivity contribution < 1.29 is 39.6 Å².